The van der Waals surface area contributed by atoms with Gasteiger partial charge in [0, 0.05) is 48.2 Å². The lowest BCUT2D eigenvalue weighted by atomic mass is 9.44. The van der Waals surface area contributed by atoms with Gasteiger partial charge in [-0.05, 0) is 82.3 Å². The molecular formula is C44H70FN5O14. The van der Waals surface area contributed by atoms with Crippen LogP contribution in [0.4, 0.5) is 4.39 Å². The molecule has 0 aromatic carbocycles. The number of rotatable bonds is 13. The summed E-state index contributed by atoms with van der Waals surface area (Å²) in [7, 11) is 0. The van der Waals surface area contributed by atoms with E-state index in [1.807, 2.05) is 0 Å². The zero-order chi connectivity index (χ0) is 46.8. The number of Topliss-reactive ketones (excluding diaryl/α,β-unsaturated/α-hetero) is 1. The summed E-state index contributed by atoms with van der Waals surface area (Å²) < 4.78 is 46.5. The summed E-state index contributed by atoms with van der Waals surface area (Å²) in [5, 5.41) is 67.3. The smallest absolute Gasteiger partial charge is 0.305 e. The number of unbranched alkanes of at least 4 members (excludes halogenated alkanes) is 1. The second-order valence-electron chi connectivity index (χ2n) is 20.1. The van der Waals surface area contributed by atoms with E-state index >= 15 is 4.39 Å². The van der Waals surface area contributed by atoms with Crippen LogP contribution in [0.2, 0.25) is 0 Å². The van der Waals surface area contributed by atoms with Crippen molar-refractivity contribution in [2.75, 3.05) is 13.2 Å². The van der Waals surface area contributed by atoms with E-state index in [4.69, 9.17) is 52.4 Å². The summed E-state index contributed by atoms with van der Waals surface area (Å²) in [5.41, 5.74) is 25.1. The Morgan fingerprint density at radius 3 is 2.17 bits per heavy atom. The fourth-order valence-electron chi connectivity index (χ4n) is 12.5. The van der Waals surface area contributed by atoms with E-state index in [1.165, 1.54) is 12.2 Å². The van der Waals surface area contributed by atoms with Gasteiger partial charge in [-0.25, -0.2) is 4.39 Å². The topological polar surface area (TPSA) is 349 Å². The number of carbonyl (C=O) groups excluding carboxylic acids is 3. The molecule has 2 aliphatic heterocycles. The summed E-state index contributed by atoms with van der Waals surface area (Å²) in [6.07, 6.45) is -8.03. The molecule has 6 fully saturated rings. The van der Waals surface area contributed by atoms with Crippen molar-refractivity contribution in [1.29, 1.82) is 0 Å². The fourth-order valence-corrected chi connectivity index (χ4v) is 12.5. The second kappa shape index (κ2) is 18.6. The fraction of sp³-hybridized carbons (Fsp3) is 0.841. The highest BCUT2D eigenvalue weighted by Crippen LogP contribution is 2.70. The molecule has 20 heteroatoms. The Balaban J connectivity index is 0.907. The Kier molecular flexibility index (Phi) is 14.4. The zero-order valence-corrected chi connectivity index (χ0v) is 36.8. The molecule has 5 aliphatic carbocycles. The van der Waals surface area contributed by atoms with Gasteiger partial charge in [-0.3, -0.25) is 14.4 Å². The van der Waals surface area contributed by atoms with Gasteiger partial charge in [-0.15, -0.1) is 0 Å². The Morgan fingerprint density at radius 2 is 1.50 bits per heavy atom. The number of nitrogens with two attached hydrogens (primary N) is 5. The predicted octanol–water partition coefficient (Wildman–Crippen LogP) is -2.27. The van der Waals surface area contributed by atoms with Crippen LogP contribution in [0.1, 0.15) is 85.0 Å². The van der Waals surface area contributed by atoms with Gasteiger partial charge < -0.3 is 83.0 Å². The standard InChI is InChI=1S/C44H70FN5O14/c1-19-12-23-22-9-8-20-13-21(51)10-11-41(20,2)43(22,45)31(54)16-42(23,3)44(19,59)30(53)6-4-5-7-32(55)60-18-29-34(56)33(50)35(57)40(62-29)64-38-25(48)14-24(47)37(36(38)58)63-39-26(49)15-27(52)28(17-46)61-39/h10-11,13,19,22-29,31,33-40,52,54,56-59H,4-9,12,14-18,46-50H2,1-3H3/t19-,22?,23?,24+,25-,26-,27+,28-,29-,31+,33+,34-,35-,36+,37-,38+,39-,40-,41+,42+,43+,44+/m1/s1. The van der Waals surface area contributed by atoms with Gasteiger partial charge in [-0.1, -0.05) is 25.5 Å². The molecule has 0 bridgehead atoms. The van der Waals surface area contributed by atoms with E-state index < -0.39 is 150 Å². The summed E-state index contributed by atoms with van der Waals surface area (Å²) in [4.78, 5) is 39.1. The quantitative estimate of drug-likeness (QED) is 0.0686. The first kappa shape index (κ1) is 49.5. The SMILES string of the molecule is C[C@@H]1CC2C3CCC4=CC(=O)C=C[C@]4(C)[C@@]3(F)[C@@H](O)C[C@]2(C)[C@@]1(O)C(=O)CCCCC(=O)OC[C@H]1O[C@H](O[C@@H]2[C@@H](O)[C@H](O[C@H]3O[C@H](CN)[C@@H](O)C[C@H]3N)[C@@H](N)C[C@H]2N)[C@H](O)[C@@H](N)[C@@H]1O. The second-order valence-corrected chi connectivity index (χ2v) is 20.1. The molecule has 7 aliphatic rings. The average Bonchev–Trinajstić information content (AvgIpc) is 3.44. The van der Waals surface area contributed by atoms with E-state index in [9.17, 15) is 45.0 Å². The number of alkyl halides is 1. The predicted molar refractivity (Wildman–Crippen MR) is 224 cm³/mol. The minimum Gasteiger partial charge on any atom is -0.463 e. The number of allylic oxidation sites excluding steroid dienone is 4. The van der Waals surface area contributed by atoms with Crippen LogP contribution in [0, 0.1) is 28.6 Å². The van der Waals surface area contributed by atoms with Crippen LogP contribution < -0.4 is 28.7 Å². The van der Waals surface area contributed by atoms with Crippen molar-refractivity contribution in [1.82, 2.24) is 0 Å². The van der Waals surface area contributed by atoms with Crippen molar-refractivity contribution >= 4 is 17.5 Å². The molecule has 0 aromatic heterocycles. The van der Waals surface area contributed by atoms with Gasteiger partial charge in [0.15, 0.2) is 29.8 Å². The average molecular weight is 912 g/mol. The first-order chi connectivity index (χ1) is 30.0. The van der Waals surface area contributed by atoms with Gasteiger partial charge in [0.2, 0.25) is 0 Å². The van der Waals surface area contributed by atoms with E-state index in [-0.39, 0.29) is 57.3 Å². The maximum Gasteiger partial charge on any atom is 0.305 e. The van der Waals surface area contributed by atoms with E-state index in [0.717, 1.165) is 0 Å². The zero-order valence-electron chi connectivity index (χ0n) is 36.8. The molecule has 0 spiro atoms. The molecule has 64 heavy (non-hydrogen) atoms. The highest BCUT2D eigenvalue weighted by Gasteiger charge is 2.75. The van der Waals surface area contributed by atoms with Crippen molar-refractivity contribution in [3.8, 4) is 0 Å². The van der Waals surface area contributed by atoms with Crippen molar-refractivity contribution in [3.05, 3.63) is 23.8 Å². The lowest BCUT2D eigenvalue weighted by Gasteiger charge is -2.62. The van der Waals surface area contributed by atoms with E-state index in [2.05, 4.69) is 0 Å². The monoisotopic (exact) mass is 911 g/mol. The van der Waals surface area contributed by atoms with E-state index in [0.29, 0.717) is 24.8 Å². The lowest BCUT2D eigenvalue weighted by Crippen LogP contribution is -2.69. The molecule has 22 atom stereocenters. The van der Waals surface area contributed by atoms with Crippen LogP contribution in [-0.4, -0.2) is 164 Å². The van der Waals surface area contributed by atoms with Crippen LogP contribution in [0.15, 0.2) is 23.8 Å². The van der Waals surface area contributed by atoms with Gasteiger partial charge in [-0.2, -0.15) is 0 Å². The minimum atomic E-state index is -2.09. The first-order valence-electron chi connectivity index (χ1n) is 22.8. The summed E-state index contributed by atoms with van der Waals surface area (Å²) in [6, 6.07) is -3.75. The van der Waals surface area contributed by atoms with Crippen LogP contribution in [0.5, 0.6) is 0 Å². The molecule has 16 N–H and O–H groups in total. The number of halogens is 1. The molecule has 0 amide bonds. The molecule has 2 saturated heterocycles. The number of aliphatic hydroxyl groups excluding tert-OH is 5. The van der Waals surface area contributed by atoms with Gasteiger partial charge in [0.05, 0.1) is 30.4 Å². The highest BCUT2D eigenvalue weighted by molar-refractivity contribution is 6.01. The minimum absolute atomic E-state index is 0.00222. The molecule has 362 valence electrons. The maximum absolute atomic E-state index is 17.5. The number of aliphatic hydroxyl groups is 6. The Hall–Kier alpha value is -2.38. The third-order valence-corrected chi connectivity index (χ3v) is 16.3. The van der Waals surface area contributed by atoms with Crippen LogP contribution in [0.25, 0.3) is 0 Å². The van der Waals surface area contributed by atoms with Gasteiger partial charge in [0.25, 0.3) is 0 Å². The Morgan fingerprint density at radius 1 is 0.859 bits per heavy atom. The number of fused-ring (bicyclic) bond motifs is 5. The van der Waals surface area contributed by atoms with Crippen molar-refractivity contribution in [2.45, 2.75) is 188 Å². The number of hydrogen-bond acceptors (Lipinski definition) is 19. The third kappa shape index (κ3) is 8.25. The summed E-state index contributed by atoms with van der Waals surface area (Å²) >= 11 is 0. The number of ketones is 2. The Labute approximate surface area is 372 Å². The van der Waals surface area contributed by atoms with Gasteiger partial charge in [0.1, 0.15) is 48.8 Å². The lowest BCUT2D eigenvalue weighted by molar-refractivity contribution is -0.315. The molecular weight excluding hydrogens is 842 g/mol. The normalized spacial score (nSPS) is 50.2. The summed E-state index contributed by atoms with van der Waals surface area (Å²) in [6.45, 7) is 4.79. The molecule has 2 unspecified atom stereocenters. The van der Waals surface area contributed by atoms with Gasteiger partial charge >= 0.3 is 5.97 Å². The van der Waals surface area contributed by atoms with Crippen LogP contribution in [-0.2, 0) is 38.1 Å². The molecule has 4 saturated carbocycles. The number of carbonyl (C=O) groups is 3. The molecule has 0 radical (unpaired) electrons. The van der Waals surface area contributed by atoms with Crippen LogP contribution in [0.3, 0.4) is 0 Å². The maximum atomic E-state index is 17.5. The molecule has 19 nitrogen and oxygen atoms in total. The number of hydrogen-bond donors (Lipinski definition) is 11. The Bertz CT molecular complexity index is 1820. The number of ether oxygens (including phenoxy) is 5. The van der Waals surface area contributed by atoms with Crippen molar-refractivity contribution in [3.63, 3.8) is 0 Å². The molecule has 0 aromatic rings. The van der Waals surface area contributed by atoms with Crippen molar-refractivity contribution < 1.29 is 73.1 Å². The van der Waals surface area contributed by atoms with Crippen LogP contribution >= 0.6 is 0 Å². The number of esters is 1. The summed E-state index contributed by atoms with van der Waals surface area (Å²) in [5.74, 6) is -2.92. The van der Waals surface area contributed by atoms with Crippen molar-refractivity contribution in [2.24, 2.45) is 57.3 Å². The molecule has 2 heterocycles. The third-order valence-electron chi connectivity index (χ3n) is 16.3. The molecule has 7 rings (SSSR count). The van der Waals surface area contributed by atoms with E-state index in [1.54, 1.807) is 26.8 Å². The largest absolute Gasteiger partial charge is 0.463 e. The first-order valence-corrected chi connectivity index (χ1v) is 22.8. The highest BCUT2D eigenvalue weighted by atomic mass is 19.1.